The van der Waals surface area contributed by atoms with Crippen LogP contribution in [0.3, 0.4) is 0 Å². The van der Waals surface area contributed by atoms with Crippen LogP contribution in [0, 0.1) is 5.92 Å². The van der Waals surface area contributed by atoms with E-state index in [2.05, 4.69) is 28.2 Å². The average molecular weight is 420 g/mol. The predicted molar refractivity (Wildman–Crippen MR) is 116 cm³/mol. The van der Waals surface area contributed by atoms with Crippen LogP contribution in [0.15, 0.2) is 24.3 Å². The number of nitrogens with two attached hydrogens (primary N) is 1. The number of benzene rings is 1. The third-order valence-corrected chi connectivity index (χ3v) is 4.56. The Bertz CT molecular complexity index is 706. The number of primary amides is 1. The molecule has 0 aromatic heterocycles. The SMILES string of the molecule is CCCc1ccc(NC(=O)[C@H](CCCNC(N)=O)NC(=O)C(NC=O)C(C)C)cc1. The number of amides is 5. The van der Waals surface area contributed by atoms with Gasteiger partial charge in [0, 0.05) is 12.2 Å². The number of carbonyl (C=O) groups is 4. The van der Waals surface area contributed by atoms with E-state index in [1.165, 1.54) is 5.56 Å². The summed E-state index contributed by atoms with van der Waals surface area (Å²) in [6, 6.07) is 5.30. The van der Waals surface area contributed by atoms with E-state index in [-0.39, 0.29) is 24.8 Å². The van der Waals surface area contributed by atoms with E-state index in [1.807, 2.05) is 24.3 Å². The number of hydrogen-bond acceptors (Lipinski definition) is 4. The number of rotatable bonds is 13. The van der Waals surface area contributed by atoms with Gasteiger partial charge >= 0.3 is 6.03 Å². The molecule has 0 radical (unpaired) electrons. The summed E-state index contributed by atoms with van der Waals surface area (Å²) in [5, 5.41) is 10.5. The first-order valence-corrected chi connectivity index (χ1v) is 10.2. The summed E-state index contributed by atoms with van der Waals surface area (Å²) in [7, 11) is 0. The van der Waals surface area contributed by atoms with E-state index in [0.29, 0.717) is 18.5 Å². The molecule has 0 saturated carbocycles. The molecule has 1 aromatic carbocycles. The van der Waals surface area contributed by atoms with Gasteiger partial charge in [-0.2, -0.15) is 0 Å². The molecule has 9 nitrogen and oxygen atoms in total. The molecule has 2 atom stereocenters. The minimum absolute atomic E-state index is 0.151. The van der Waals surface area contributed by atoms with Crippen molar-refractivity contribution in [3.63, 3.8) is 0 Å². The van der Waals surface area contributed by atoms with Crippen molar-refractivity contribution in [2.75, 3.05) is 11.9 Å². The zero-order valence-corrected chi connectivity index (χ0v) is 17.9. The van der Waals surface area contributed by atoms with Crippen LogP contribution in [0.2, 0.25) is 0 Å². The summed E-state index contributed by atoms with van der Waals surface area (Å²) in [6.07, 6.45) is 3.18. The number of anilines is 1. The van der Waals surface area contributed by atoms with Crippen molar-refractivity contribution >= 4 is 29.9 Å². The fourth-order valence-electron chi connectivity index (χ4n) is 2.97. The number of aryl methyl sites for hydroxylation is 1. The topological polar surface area (TPSA) is 142 Å². The van der Waals surface area contributed by atoms with Crippen LogP contribution in [0.4, 0.5) is 10.5 Å². The van der Waals surface area contributed by atoms with Crippen molar-refractivity contribution in [1.82, 2.24) is 16.0 Å². The van der Waals surface area contributed by atoms with Gasteiger partial charge in [0.15, 0.2) is 0 Å². The van der Waals surface area contributed by atoms with Gasteiger partial charge in [-0.05, 0) is 42.9 Å². The van der Waals surface area contributed by atoms with Gasteiger partial charge < -0.3 is 27.0 Å². The zero-order chi connectivity index (χ0) is 22.5. The molecule has 6 N–H and O–H groups in total. The molecule has 0 aliphatic rings. The van der Waals surface area contributed by atoms with E-state index in [9.17, 15) is 19.2 Å². The lowest BCUT2D eigenvalue weighted by Gasteiger charge is -2.24. The second-order valence-electron chi connectivity index (χ2n) is 7.44. The van der Waals surface area contributed by atoms with Crippen LogP contribution in [-0.2, 0) is 20.8 Å². The van der Waals surface area contributed by atoms with Crippen LogP contribution >= 0.6 is 0 Å². The van der Waals surface area contributed by atoms with Crippen LogP contribution in [0.1, 0.15) is 45.6 Å². The maximum Gasteiger partial charge on any atom is 0.312 e. The molecule has 0 aliphatic heterocycles. The first kappa shape index (κ1) is 24.9. The molecule has 5 amide bonds. The molecular formula is C21H33N5O4. The van der Waals surface area contributed by atoms with Gasteiger partial charge in [-0.1, -0.05) is 39.3 Å². The van der Waals surface area contributed by atoms with E-state index in [1.54, 1.807) is 13.8 Å². The van der Waals surface area contributed by atoms with E-state index in [0.717, 1.165) is 12.8 Å². The maximum absolute atomic E-state index is 12.8. The minimum Gasteiger partial charge on any atom is -0.352 e. The maximum atomic E-state index is 12.8. The fourth-order valence-corrected chi connectivity index (χ4v) is 2.97. The first-order chi connectivity index (χ1) is 14.3. The van der Waals surface area contributed by atoms with Crippen LogP contribution < -0.4 is 27.0 Å². The third-order valence-electron chi connectivity index (χ3n) is 4.56. The summed E-state index contributed by atoms with van der Waals surface area (Å²) in [6.45, 7) is 5.97. The molecule has 0 aliphatic carbocycles. The minimum atomic E-state index is -0.836. The van der Waals surface area contributed by atoms with Gasteiger partial charge in [0.1, 0.15) is 12.1 Å². The van der Waals surface area contributed by atoms with Gasteiger partial charge in [0.05, 0.1) is 0 Å². The monoisotopic (exact) mass is 419 g/mol. The van der Waals surface area contributed by atoms with Crippen LogP contribution in [-0.4, -0.2) is 42.9 Å². The van der Waals surface area contributed by atoms with Crippen molar-refractivity contribution in [3.05, 3.63) is 29.8 Å². The Morgan fingerprint density at radius 1 is 1.10 bits per heavy atom. The van der Waals surface area contributed by atoms with Crippen molar-refractivity contribution in [2.45, 2.75) is 58.5 Å². The zero-order valence-electron chi connectivity index (χ0n) is 17.9. The number of urea groups is 1. The molecule has 9 heteroatoms. The molecule has 0 saturated heterocycles. The number of carbonyl (C=O) groups excluding carboxylic acids is 4. The van der Waals surface area contributed by atoms with Crippen LogP contribution in [0.25, 0.3) is 0 Å². The second-order valence-corrected chi connectivity index (χ2v) is 7.44. The summed E-state index contributed by atoms with van der Waals surface area (Å²) < 4.78 is 0. The summed E-state index contributed by atoms with van der Waals surface area (Å²) in [5.74, 6) is -0.973. The Kier molecular flexibility index (Phi) is 11.0. The Morgan fingerprint density at radius 3 is 2.30 bits per heavy atom. The number of hydrogen-bond donors (Lipinski definition) is 5. The highest BCUT2D eigenvalue weighted by atomic mass is 16.2. The third kappa shape index (κ3) is 8.93. The predicted octanol–water partition coefficient (Wildman–Crippen LogP) is 1.28. The Labute approximate surface area is 177 Å². The molecule has 30 heavy (non-hydrogen) atoms. The summed E-state index contributed by atoms with van der Waals surface area (Å²) in [4.78, 5) is 47.0. The van der Waals surface area contributed by atoms with Crippen molar-refractivity contribution in [2.24, 2.45) is 11.7 Å². The molecule has 1 aromatic rings. The highest BCUT2D eigenvalue weighted by Gasteiger charge is 2.27. The van der Waals surface area contributed by atoms with Gasteiger partial charge in [0.25, 0.3) is 0 Å². The van der Waals surface area contributed by atoms with E-state index >= 15 is 0 Å². The molecule has 1 unspecified atom stereocenters. The van der Waals surface area contributed by atoms with Crippen LogP contribution in [0.5, 0.6) is 0 Å². The molecule has 0 spiro atoms. The highest BCUT2D eigenvalue weighted by Crippen LogP contribution is 2.12. The Morgan fingerprint density at radius 2 is 1.77 bits per heavy atom. The summed E-state index contributed by atoms with van der Waals surface area (Å²) in [5.41, 5.74) is 6.86. The molecule has 166 valence electrons. The van der Waals surface area contributed by atoms with Crippen molar-refractivity contribution in [1.29, 1.82) is 0 Å². The molecular weight excluding hydrogens is 386 g/mol. The standard InChI is InChI=1S/C21H33N5O4/c1-4-6-15-8-10-16(11-9-15)25-19(28)17(7-5-12-23-21(22)30)26-20(29)18(14(2)3)24-13-27/h8-11,13-14,17-18H,4-7,12H2,1-3H3,(H,24,27)(H,25,28)(H,26,29)(H3,22,23,30)/t17-,18?/m0/s1. The van der Waals surface area contributed by atoms with Gasteiger partial charge in [-0.15, -0.1) is 0 Å². The van der Waals surface area contributed by atoms with Crippen molar-refractivity contribution in [3.8, 4) is 0 Å². The second kappa shape index (κ2) is 13.2. The number of nitrogens with one attached hydrogen (secondary N) is 4. The fraction of sp³-hybridized carbons (Fsp3) is 0.524. The quantitative estimate of drug-likeness (QED) is 0.242. The largest absolute Gasteiger partial charge is 0.352 e. The summed E-state index contributed by atoms with van der Waals surface area (Å²) >= 11 is 0. The van der Waals surface area contributed by atoms with Gasteiger partial charge in [-0.3, -0.25) is 14.4 Å². The normalized spacial score (nSPS) is 12.5. The van der Waals surface area contributed by atoms with Gasteiger partial charge in [0.2, 0.25) is 18.2 Å². The average Bonchev–Trinajstić information content (AvgIpc) is 2.69. The lowest BCUT2D eigenvalue weighted by atomic mass is 10.0. The lowest BCUT2D eigenvalue weighted by Crippen LogP contribution is -2.53. The molecule has 0 fully saturated rings. The molecule has 0 bridgehead atoms. The highest BCUT2D eigenvalue weighted by molar-refractivity contribution is 5.98. The Balaban J connectivity index is 2.83. The lowest BCUT2D eigenvalue weighted by molar-refractivity contribution is -0.130. The molecule has 0 heterocycles. The Hall–Kier alpha value is -3.10. The van der Waals surface area contributed by atoms with Crippen molar-refractivity contribution < 1.29 is 19.2 Å². The molecule has 1 rings (SSSR count). The smallest absolute Gasteiger partial charge is 0.312 e. The first-order valence-electron chi connectivity index (χ1n) is 10.2. The van der Waals surface area contributed by atoms with Gasteiger partial charge in [-0.25, -0.2) is 4.79 Å². The van der Waals surface area contributed by atoms with E-state index in [4.69, 9.17) is 5.73 Å². The van der Waals surface area contributed by atoms with E-state index < -0.39 is 24.0 Å².